The minimum Gasteiger partial charge on any atom is -0.466 e. The highest BCUT2D eigenvalue weighted by Crippen LogP contribution is 2.45. The summed E-state index contributed by atoms with van der Waals surface area (Å²) >= 11 is 1.40. The lowest BCUT2D eigenvalue weighted by atomic mass is 9.89. The average molecular weight is 474 g/mol. The summed E-state index contributed by atoms with van der Waals surface area (Å²) in [5, 5.41) is 3.75. The van der Waals surface area contributed by atoms with Crippen molar-refractivity contribution in [1.82, 2.24) is 15.3 Å². The van der Waals surface area contributed by atoms with Crippen molar-refractivity contribution in [1.29, 1.82) is 0 Å². The van der Waals surface area contributed by atoms with E-state index in [0.29, 0.717) is 30.3 Å². The second-order valence-corrected chi connectivity index (χ2v) is 9.13. The lowest BCUT2D eigenvalue weighted by Gasteiger charge is -2.15. The summed E-state index contributed by atoms with van der Waals surface area (Å²) in [7, 11) is 0. The molecule has 1 N–H and O–H groups in total. The van der Waals surface area contributed by atoms with E-state index in [4.69, 9.17) is 9.72 Å². The second kappa shape index (κ2) is 9.44. The van der Waals surface area contributed by atoms with Crippen LogP contribution in [0.4, 0.5) is 4.39 Å². The molecule has 1 aliphatic carbocycles. The van der Waals surface area contributed by atoms with E-state index in [1.807, 2.05) is 36.4 Å². The molecule has 0 aliphatic heterocycles. The maximum absolute atomic E-state index is 14.9. The number of rotatable bonds is 9. The van der Waals surface area contributed by atoms with Crippen LogP contribution in [0.5, 0.6) is 0 Å². The molecule has 5 rings (SSSR count). The Hall–Kier alpha value is -3.42. The fraction of sp³-hybridized carbons (Fsp3) is 0.222. The molecule has 0 saturated heterocycles. The zero-order valence-corrected chi connectivity index (χ0v) is 19.6. The summed E-state index contributed by atoms with van der Waals surface area (Å²) < 4.78 is 19.8. The molecule has 0 radical (unpaired) electrons. The van der Waals surface area contributed by atoms with Gasteiger partial charge in [0, 0.05) is 18.7 Å². The van der Waals surface area contributed by atoms with E-state index in [0.717, 1.165) is 21.6 Å². The molecule has 0 bridgehead atoms. The quantitative estimate of drug-likeness (QED) is 0.200. The molecule has 2 aromatic carbocycles. The van der Waals surface area contributed by atoms with Crippen LogP contribution in [0.2, 0.25) is 0 Å². The molecule has 7 heteroatoms. The van der Waals surface area contributed by atoms with Crippen molar-refractivity contribution in [2.45, 2.75) is 25.3 Å². The lowest BCUT2D eigenvalue weighted by Crippen LogP contribution is -2.19. The number of nitrogens with one attached hydrogen (secondary N) is 1. The van der Waals surface area contributed by atoms with Crippen LogP contribution in [0.3, 0.4) is 0 Å². The molecule has 2 heterocycles. The van der Waals surface area contributed by atoms with Gasteiger partial charge in [0.15, 0.2) is 0 Å². The molecule has 172 valence electrons. The maximum Gasteiger partial charge on any atom is 0.307 e. The number of pyridine rings is 1. The first-order valence-corrected chi connectivity index (χ1v) is 12.1. The molecule has 0 unspecified atom stereocenters. The number of fused-ring (bicyclic) bond motifs is 1. The molecule has 5 nitrogen and oxygen atoms in total. The van der Waals surface area contributed by atoms with Gasteiger partial charge in [-0.25, -0.2) is 14.4 Å². The number of aromatic nitrogens is 2. The number of hydrogen-bond donors (Lipinski definition) is 1. The van der Waals surface area contributed by atoms with Gasteiger partial charge in [-0.3, -0.25) is 4.79 Å². The van der Waals surface area contributed by atoms with Gasteiger partial charge in [-0.2, -0.15) is 0 Å². The summed E-state index contributed by atoms with van der Waals surface area (Å²) in [6, 6.07) is 19.4. The van der Waals surface area contributed by atoms with Crippen molar-refractivity contribution in [3.05, 3.63) is 95.5 Å². The Morgan fingerprint density at radius 3 is 2.65 bits per heavy atom. The van der Waals surface area contributed by atoms with E-state index in [1.54, 1.807) is 13.0 Å². The number of thiazole rings is 1. The Bertz CT molecular complexity index is 1360. The number of nitrogens with zero attached hydrogens (tertiary/aromatic N) is 2. The Morgan fingerprint density at radius 2 is 1.91 bits per heavy atom. The standard InChI is InChI=1S/C27H24FN3O2S/c1-2-33-24(32)12-15-29-17-18-8-9-20(21(28)16-18)25-30-22-10-11-23(31-26(22)34-25)27(13-14-27)19-6-4-3-5-7-19/h3-11,13-14,16,29H,2,12,15,17H2,1H3. The summed E-state index contributed by atoms with van der Waals surface area (Å²) in [6.07, 6.45) is 4.59. The third-order valence-electron chi connectivity index (χ3n) is 5.84. The monoisotopic (exact) mass is 473 g/mol. The fourth-order valence-corrected chi connectivity index (χ4v) is 4.93. The summed E-state index contributed by atoms with van der Waals surface area (Å²) in [5.74, 6) is -0.565. The first kappa shape index (κ1) is 22.4. The van der Waals surface area contributed by atoms with Gasteiger partial charge >= 0.3 is 5.97 Å². The number of benzene rings is 2. The van der Waals surface area contributed by atoms with Crippen LogP contribution < -0.4 is 5.32 Å². The highest BCUT2D eigenvalue weighted by molar-refractivity contribution is 7.21. The van der Waals surface area contributed by atoms with Gasteiger partial charge in [0.25, 0.3) is 0 Å². The summed E-state index contributed by atoms with van der Waals surface area (Å²) in [5.41, 5.74) is 3.90. The molecule has 1 aliphatic rings. The van der Waals surface area contributed by atoms with Crippen molar-refractivity contribution in [3.8, 4) is 10.6 Å². The van der Waals surface area contributed by atoms with Crippen molar-refractivity contribution in [2.75, 3.05) is 13.2 Å². The molecule has 0 fully saturated rings. The van der Waals surface area contributed by atoms with Crippen molar-refractivity contribution < 1.29 is 13.9 Å². The van der Waals surface area contributed by atoms with Gasteiger partial charge in [0.05, 0.1) is 24.1 Å². The highest BCUT2D eigenvalue weighted by Gasteiger charge is 2.39. The molecule has 2 aromatic heterocycles. The van der Waals surface area contributed by atoms with Gasteiger partial charge in [-0.05, 0) is 42.3 Å². The molecule has 0 atom stereocenters. The predicted molar refractivity (Wildman–Crippen MR) is 132 cm³/mol. The smallest absolute Gasteiger partial charge is 0.307 e. The van der Waals surface area contributed by atoms with Crippen molar-refractivity contribution in [3.63, 3.8) is 0 Å². The number of allylic oxidation sites excluding steroid dienone is 2. The van der Waals surface area contributed by atoms with Crippen molar-refractivity contribution in [2.24, 2.45) is 0 Å². The largest absolute Gasteiger partial charge is 0.466 e. The maximum atomic E-state index is 14.9. The number of carbonyl (C=O) groups is 1. The van der Waals surface area contributed by atoms with E-state index < -0.39 is 0 Å². The van der Waals surface area contributed by atoms with Crippen LogP contribution in [0, 0.1) is 5.82 Å². The first-order valence-electron chi connectivity index (χ1n) is 11.3. The Balaban J connectivity index is 1.31. The SMILES string of the molecule is CCOC(=O)CCNCc1ccc(-c2nc3ccc(C4(c5ccccc5)C=C4)nc3s2)c(F)c1. The average Bonchev–Trinajstić information content (AvgIpc) is 3.55. The molecular formula is C27H24FN3O2S. The highest BCUT2D eigenvalue weighted by atomic mass is 32.1. The van der Waals surface area contributed by atoms with E-state index in [1.165, 1.54) is 23.0 Å². The van der Waals surface area contributed by atoms with Crippen LogP contribution in [-0.4, -0.2) is 29.1 Å². The third kappa shape index (κ3) is 4.49. The topological polar surface area (TPSA) is 64.1 Å². The number of hydrogen-bond acceptors (Lipinski definition) is 6. The van der Waals surface area contributed by atoms with E-state index in [2.05, 4.69) is 34.6 Å². The lowest BCUT2D eigenvalue weighted by molar-refractivity contribution is -0.142. The molecule has 4 aromatic rings. The van der Waals surface area contributed by atoms with E-state index >= 15 is 0 Å². The normalized spacial score (nSPS) is 13.8. The molecule has 0 saturated carbocycles. The van der Waals surface area contributed by atoms with Gasteiger partial charge in [-0.1, -0.05) is 59.9 Å². The number of halogens is 1. The van der Waals surface area contributed by atoms with Crippen LogP contribution in [0.1, 0.15) is 30.2 Å². The number of carbonyl (C=O) groups excluding carboxylic acids is 1. The van der Waals surface area contributed by atoms with Crippen LogP contribution in [0.25, 0.3) is 20.9 Å². The van der Waals surface area contributed by atoms with Gasteiger partial charge in [-0.15, -0.1) is 0 Å². The zero-order valence-electron chi connectivity index (χ0n) is 18.8. The number of esters is 1. The molecule has 0 amide bonds. The summed E-state index contributed by atoms with van der Waals surface area (Å²) in [6.45, 7) is 3.10. The molecule has 34 heavy (non-hydrogen) atoms. The van der Waals surface area contributed by atoms with Crippen molar-refractivity contribution >= 4 is 27.7 Å². The summed E-state index contributed by atoms with van der Waals surface area (Å²) in [4.78, 5) is 21.7. The van der Waals surface area contributed by atoms with Crippen LogP contribution in [0.15, 0.2) is 72.8 Å². The van der Waals surface area contributed by atoms with E-state index in [9.17, 15) is 9.18 Å². The molecule has 0 spiro atoms. The van der Waals surface area contributed by atoms with Gasteiger partial charge in [0.2, 0.25) is 0 Å². The van der Waals surface area contributed by atoms with Gasteiger partial charge < -0.3 is 10.1 Å². The minimum absolute atomic E-state index is 0.240. The predicted octanol–water partition coefficient (Wildman–Crippen LogP) is 5.40. The Kier molecular flexibility index (Phi) is 6.22. The Morgan fingerprint density at radius 1 is 1.09 bits per heavy atom. The van der Waals surface area contributed by atoms with E-state index in [-0.39, 0.29) is 23.6 Å². The Labute approximate surface area is 201 Å². The molecular weight excluding hydrogens is 449 g/mol. The van der Waals surface area contributed by atoms with Crippen LogP contribution >= 0.6 is 11.3 Å². The zero-order chi connectivity index (χ0) is 23.5. The second-order valence-electron chi connectivity index (χ2n) is 8.15. The minimum atomic E-state index is -0.325. The third-order valence-corrected chi connectivity index (χ3v) is 6.83. The first-order chi connectivity index (χ1) is 16.6. The van der Waals surface area contributed by atoms with Crippen LogP contribution in [-0.2, 0) is 21.5 Å². The fourth-order valence-electron chi connectivity index (χ4n) is 3.97. The van der Waals surface area contributed by atoms with Gasteiger partial charge in [0.1, 0.15) is 21.2 Å². The number of ether oxygens (including phenoxy) is 1.